The number of H-pyrrole nitrogens is 1. The molecular weight excluding hydrogens is 386 g/mol. The lowest BCUT2D eigenvalue weighted by Gasteiger charge is -2.10. The van der Waals surface area contributed by atoms with Gasteiger partial charge in [0.2, 0.25) is 0 Å². The van der Waals surface area contributed by atoms with Crippen LogP contribution in [0.3, 0.4) is 0 Å². The average molecular weight is 399 g/mol. The Morgan fingerprint density at radius 2 is 2.07 bits per heavy atom. The molecule has 1 aromatic carbocycles. The number of non-ortho nitro benzene ring substituents is 1. The highest BCUT2D eigenvalue weighted by Crippen LogP contribution is 2.36. The molecule has 0 radical (unpaired) electrons. The van der Waals surface area contributed by atoms with Gasteiger partial charge >= 0.3 is 0 Å². The molecule has 3 aromatic heterocycles. The molecule has 3 heterocycles. The molecule has 0 saturated carbocycles. The number of rotatable bonds is 5. The maximum absolute atomic E-state index is 12.6. The first-order chi connectivity index (χ1) is 13.0. The number of hydrogen-bond donors (Lipinski definition) is 1. The third-order valence-corrected chi connectivity index (χ3v) is 5.99. The van der Waals surface area contributed by atoms with Crippen molar-refractivity contribution in [2.24, 2.45) is 0 Å². The minimum atomic E-state index is -0.432. The molecule has 27 heavy (non-hydrogen) atoms. The van der Waals surface area contributed by atoms with Crippen molar-refractivity contribution < 1.29 is 9.34 Å². The molecule has 7 nitrogen and oxygen atoms in total. The molecule has 1 N–H and O–H groups in total. The van der Waals surface area contributed by atoms with Crippen LogP contribution in [0.5, 0.6) is 0 Å². The summed E-state index contributed by atoms with van der Waals surface area (Å²) < 4.78 is 5.40. The van der Waals surface area contributed by atoms with Crippen molar-refractivity contribution in [1.29, 1.82) is 0 Å². The van der Waals surface area contributed by atoms with Crippen LogP contribution in [0.2, 0.25) is 0 Å². The number of nitrogens with one attached hydrogen (secondary N) is 1. The maximum Gasteiger partial charge on any atom is 0.269 e. The summed E-state index contributed by atoms with van der Waals surface area (Å²) in [6, 6.07) is 9.89. The summed E-state index contributed by atoms with van der Waals surface area (Å²) in [6.07, 6.45) is 1.57. The Morgan fingerprint density at radius 1 is 1.30 bits per heavy atom. The van der Waals surface area contributed by atoms with Gasteiger partial charge in [-0.25, -0.2) is 4.98 Å². The molecule has 0 spiro atoms. The Labute approximate surface area is 161 Å². The Kier molecular flexibility index (Phi) is 4.54. The molecule has 0 aliphatic rings. The molecule has 0 fully saturated rings. The van der Waals surface area contributed by atoms with Crippen molar-refractivity contribution in [3.05, 3.63) is 74.3 Å². The molecule has 9 heteroatoms. The van der Waals surface area contributed by atoms with E-state index in [0.717, 1.165) is 10.5 Å². The van der Waals surface area contributed by atoms with E-state index in [4.69, 9.17) is 4.42 Å². The fourth-order valence-electron chi connectivity index (χ4n) is 2.68. The Hall–Kier alpha value is -2.91. The highest BCUT2D eigenvalue weighted by molar-refractivity contribution is 7.99. The predicted molar refractivity (Wildman–Crippen MR) is 105 cm³/mol. The number of hydrogen-bond acceptors (Lipinski definition) is 7. The molecule has 0 bridgehead atoms. The van der Waals surface area contributed by atoms with Crippen molar-refractivity contribution in [2.45, 2.75) is 17.1 Å². The predicted octanol–water partition coefficient (Wildman–Crippen LogP) is 5.01. The summed E-state index contributed by atoms with van der Waals surface area (Å²) in [4.78, 5) is 31.9. The van der Waals surface area contributed by atoms with Crippen molar-refractivity contribution in [3.63, 3.8) is 0 Å². The van der Waals surface area contributed by atoms with Crippen molar-refractivity contribution in [3.8, 4) is 11.3 Å². The first kappa shape index (κ1) is 17.5. The smallest absolute Gasteiger partial charge is 0.269 e. The maximum atomic E-state index is 12.6. The van der Waals surface area contributed by atoms with Gasteiger partial charge in [-0.15, -0.1) is 23.1 Å². The number of thioether (sulfide) groups is 1. The van der Waals surface area contributed by atoms with Crippen molar-refractivity contribution in [1.82, 2.24) is 9.97 Å². The van der Waals surface area contributed by atoms with E-state index in [1.165, 1.54) is 35.2 Å². The lowest BCUT2D eigenvalue weighted by atomic mass is 10.2. The lowest BCUT2D eigenvalue weighted by molar-refractivity contribution is -0.384. The Bertz CT molecular complexity index is 1160. The van der Waals surface area contributed by atoms with Crippen LogP contribution in [-0.2, 0) is 0 Å². The van der Waals surface area contributed by atoms with Crippen LogP contribution in [-0.4, -0.2) is 14.9 Å². The monoisotopic (exact) mass is 399 g/mol. The van der Waals surface area contributed by atoms with E-state index in [-0.39, 0.29) is 16.5 Å². The SMILES string of the molecule is CC(Sc1ccc([N+](=O)[O-])cc1)c1nc2scc(-c3ccco3)c2c(=O)[nH]1. The van der Waals surface area contributed by atoms with Crippen LogP contribution in [0.4, 0.5) is 5.69 Å². The van der Waals surface area contributed by atoms with Crippen LogP contribution in [0.25, 0.3) is 21.5 Å². The second-order valence-corrected chi connectivity index (χ2v) is 8.04. The molecule has 0 aliphatic carbocycles. The van der Waals surface area contributed by atoms with Crippen LogP contribution in [0.15, 0.2) is 62.1 Å². The number of nitro groups is 1. The second-order valence-electron chi connectivity index (χ2n) is 5.77. The van der Waals surface area contributed by atoms with Gasteiger partial charge in [0.15, 0.2) is 0 Å². The number of furan rings is 1. The minimum absolute atomic E-state index is 0.0454. The van der Waals surface area contributed by atoms with Gasteiger partial charge in [-0.3, -0.25) is 14.9 Å². The quantitative estimate of drug-likeness (QED) is 0.288. The summed E-state index contributed by atoms with van der Waals surface area (Å²) in [7, 11) is 0. The zero-order chi connectivity index (χ0) is 19.0. The largest absolute Gasteiger partial charge is 0.464 e. The van der Waals surface area contributed by atoms with Crippen LogP contribution in [0.1, 0.15) is 18.0 Å². The van der Waals surface area contributed by atoms with Crippen molar-refractivity contribution in [2.75, 3.05) is 0 Å². The van der Waals surface area contributed by atoms with Gasteiger partial charge in [-0.05, 0) is 31.2 Å². The van der Waals surface area contributed by atoms with Gasteiger partial charge in [-0.2, -0.15) is 0 Å². The topological polar surface area (TPSA) is 102 Å². The van der Waals surface area contributed by atoms with Gasteiger partial charge in [0.25, 0.3) is 11.2 Å². The summed E-state index contributed by atoms with van der Waals surface area (Å²) in [5.74, 6) is 1.19. The molecule has 1 atom stereocenters. The minimum Gasteiger partial charge on any atom is -0.464 e. The van der Waals surface area contributed by atoms with Gasteiger partial charge in [0.1, 0.15) is 16.4 Å². The highest BCUT2D eigenvalue weighted by Gasteiger charge is 2.18. The highest BCUT2D eigenvalue weighted by atomic mass is 32.2. The van der Waals surface area contributed by atoms with Crippen molar-refractivity contribution >= 4 is 39.0 Å². The third kappa shape index (κ3) is 3.38. The number of aromatic amines is 1. The molecule has 0 aliphatic heterocycles. The summed E-state index contributed by atoms with van der Waals surface area (Å²) >= 11 is 2.86. The van der Waals surface area contributed by atoms with Gasteiger partial charge in [0, 0.05) is 28.0 Å². The molecule has 1 unspecified atom stereocenters. The molecule has 4 aromatic rings. The Balaban J connectivity index is 1.64. The lowest BCUT2D eigenvalue weighted by Crippen LogP contribution is -2.12. The van der Waals surface area contributed by atoms with E-state index in [9.17, 15) is 14.9 Å². The zero-order valence-electron chi connectivity index (χ0n) is 14.0. The molecule has 0 saturated heterocycles. The van der Waals surface area contributed by atoms with Gasteiger partial charge in [-0.1, -0.05) is 0 Å². The molecule has 136 valence electrons. The van der Waals surface area contributed by atoms with E-state index in [2.05, 4.69) is 9.97 Å². The zero-order valence-corrected chi connectivity index (χ0v) is 15.7. The van der Waals surface area contributed by atoms with E-state index >= 15 is 0 Å². The van der Waals surface area contributed by atoms with Crippen LogP contribution in [0, 0.1) is 10.1 Å². The number of aromatic nitrogens is 2. The number of thiophene rings is 1. The number of nitrogens with zero attached hydrogens (tertiary/aromatic N) is 2. The van der Waals surface area contributed by atoms with E-state index in [0.29, 0.717) is 21.8 Å². The van der Waals surface area contributed by atoms with E-state index in [1.807, 2.05) is 18.4 Å². The van der Waals surface area contributed by atoms with Gasteiger partial charge < -0.3 is 9.40 Å². The average Bonchev–Trinajstić information content (AvgIpc) is 3.31. The standard InChI is InChI=1S/C18H13N3O4S2/c1-10(27-12-6-4-11(5-7-12)21(23)24)16-19-17(22)15-13(9-26-18(15)20-16)14-3-2-8-25-14/h2-10H,1H3,(H,19,20,22). The van der Waals surface area contributed by atoms with Crippen LogP contribution >= 0.6 is 23.1 Å². The second kappa shape index (κ2) is 7.01. The third-order valence-electron chi connectivity index (χ3n) is 3.99. The summed E-state index contributed by atoms with van der Waals surface area (Å²) in [5.41, 5.74) is 0.568. The molecule has 0 amide bonds. The first-order valence-electron chi connectivity index (χ1n) is 7.99. The number of benzene rings is 1. The fraction of sp³-hybridized carbons (Fsp3) is 0.111. The van der Waals surface area contributed by atoms with E-state index in [1.54, 1.807) is 24.5 Å². The Morgan fingerprint density at radius 3 is 2.74 bits per heavy atom. The number of fused-ring (bicyclic) bond motifs is 1. The summed E-state index contributed by atoms with van der Waals surface area (Å²) in [5, 5.41) is 13.0. The molecule has 4 rings (SSSR count). The first-order valence-corrected chi connectivity index (χ1v) is 9.75. The fourth-order valence-corrected chi connectivity index (χ4v) is 4.54. The van der Waals surface area contributed by atoms with Gasteiger partial charge in [0.05, 0.1) is 21.8 Å². The summed E-state index contributed by atoms with van der Waals surface area (Å²) in [6.45, 7) is 1.93. The van der Waals surface area contributed by atoms with Crippen LogP contribution < -0.4 is 5.56 Å². The van der Waals surface area contributed by atoms with E-state index < -0.39 is 4.92 Å². The molecular formula is C18H13N3O4S2. The normalized spacial score (nSPS) is 12.3. The number of nitro benzene ring substituents is 1.